The van der Waals surface area contributed by atoms with Crippen LogP contribution < -0.4 is 4.74 Å². The molecule has 1 aliphatic rings. The average molecular weight is 207 g/mol. The summed E-state index contributed by atoms with van der Waals surface area (Å²) >= 11 is 0. The van der Waals surface area contributed by atoms with Crippen molar-refractivity contribution in [3.8, 4) is 5.88 Å². The molecule has 1 heterocycles. The maximum Gasteiger partial charge on any atom is 0.213 e. The quantitative estimate of drug-likeness (QED) is 0.826. The van der Waals surface area contributed by atoms with Gasteiger partial charge in [0.25, 0.3) is 0 Å². The number of nitrogens with zero attached hydrogens (tertiary/aromatic N) is 1. The molecule has 0 unspecified atom stereocenters. The lowest BCUT2D eigenvalue weighted by Gasteiger charge is -2.13. The largest absolute Gasteiger partial charge is 0.474 e. The van der Waals surface area contributed by atoms with E-state index in [1.54, 1.807) is 0 Å². The summed E-state index contributed by atoms with van der Waals surface area (Å²) < 4.78 is 5.76. The first-order valence-corrected chi connectivity index (χ1v) is 5.53. The molecule has 1 aliphatic carbocycles. The summed E-state index contributed by atoms with van der Waals surface area (Å²) in [5.74, 6) is 0.691. The lowest BCUT2D eigenvalue weighted by atomic mass is 10.2. The zero-order chi connectivity index (χ0) is 10.7. The fourth-order valence-corrected chi connectivity index (χ4v) is 1.98. The maximum atomic E-state index is 9.01. The summed E-state index contributed by atoms with van der Waals surface area (Å²) in [6, 6.07) is 3.73. The highest BCUT2D eigenvalue weighted by atomic mass is 16.5. The predicted molar refractivity (Wildman–Crippen MR) is 57.8 cm³/mol. The fourth-order valence-electron chi connectivity index (χ4n) is 1.98. The van der Waals surface area contributed by atoms with Gasteiger partial charge in [0.1, 0.15) is 6.10 Å². The standard InChI is InChI=1S/C12H17NO2/c1-9-10(8-14)6-7-12(13-9)15-11-4-2-3-5-11/h6-7,11,14H,2-5,8H2,1H3. The second-order valence-electron chi connectivity index (χ2n) is 4.08. The minimum absolute atomic E-state index is 0.0442. The van der Waals surface area contributed by atoms with Gasteiger partial charge in [-0.15, -0.1) is 0 Å². The lowest BCUT2D eigenvalue weighted by Crippen LogP contribution is -2.12. The fraction of sp³-hybridized carbons (Fsp3) is 0.583. The first-order valence-electron chi connectivity index (χ1n) is 5.53. The number of aliphatic hydroxyl groups excluding tert-OH is 1. The van der Waals surface area contributed by atoms with Crippen LogP contribution in [-0.2, 0) is 6.61 Å². The van der Waals surface area contributed by atoms with Crippen molar-refractivity contribution in [1.29, 1.82) is 0 Å². The van der Waals surface area contributed by atoms with Gasteiger partial charge in [-0.3, -0.25) is 0 Å². The molecular weight excluding hydrogens is 190 g/mol. The Balaban J connectivity index is 2.05. The highest BCUT2D eigenvalue weighted by Crippen LogP contribution is 2.23. The van der Waals surface area contributed by atoms with Gasteiger partial charge in [0.15, 0.2) is 0 Å². The smallest absolute Gasteiger partial charge is 0.213 e. The van der Waals surface area contributed by atoms with E-state index in [-0.39, 0.29) is 6.61 Å². The van der Waals surface area contributed by atoms with Gasteiger partial charge in [-0.2, -0.15) is 0 Å². The Morgan fingerprint density at radius 1 is 1.40 bits per heavy atom. The van der Waals surface area contributed by atoms with Crippen LogP contribution in [0.2, 0.25) is 0 Å². The van der Waals surface area contributed by atoms with E-state index >= 15 is 0 Å². The molecule has 1 fully saturated rings. The number of aromatic nitrogens is 1. The monoisotopic (exact) mass is 207 g/mol. The number of hydrogen-bond acceptors (Lipinski definition) is 3. The van der Waals surface area contributed by atoms with Gasteiger partial charge in [0, 0.05) is 11.8 Å². The summed E-state index contributed by atoms with van der Waals surface area (Å²) in [4.78, 5) is 4.33. The van der Waals surface area contributed by atoms with Crippen molar-refractivity contribution in [1.82, 2.24) is 4.98 Å². The third kappa shape index (κ3) is 2.48. The summed E-state index contributed by atoms with van der Waals surface area (Å²) in [7, 11) is 0. The summed E-state index contributed by atoms with van der Waals surface area (Å²) in [5, 5.41) is 9.01. The molecule has 0 spiro atoms. The number of hydrogen-bond donors (Lipinski definition) is 1. The normalized spacial score (nSPS) is 16.9. The molecule has 2 rings (SSSR count). The van der Waals surface area contributed by atoms with Gasteiger partial charge in [-0.25, -0.2) is 4.98 Å². The molecule has 1 aromatic rings. The van der Waals surface area contributed by atoms with Crippen molar-refractivity contribution in [2.75, 3.05) is 0 Å². The Bertz CT molecular complexity index is 332. The molecular formula is C12H17NO2. The third-order valence-electron chi connectivity index (χ3n) is 2.93. The second-order valence-corrected chi connectivity index (χ2v) is 4.08. The van der Waals surface area contributed by atoms with Crippen molar-refractivity contribution in [2.45, 2.75) is 45.3 Å². The van der Waals surface area contributed by atoms with Crippen molar-refractivity contribution >= 4 is 0 Å². The topological polar surface area (TPSA) is 42.4 Å². The van der Waals surface area contributed by atoms with E-state index in [1.165, 1.54) is 12.8 Å². The van der Waals surface area contributed by atoms with Crippen LogP contribution >= 0.6 is 0 Å². The first kappa shape index (κ1) is 10.4. The molecule has 3 nitrogen and oxygen atoms in total. The van der Waals surface area contributed by atoms with E-state index in [0.717, 1.165) is 24.1 Å². The maximum absolute atomic E-state index is 9.01. The first-order chi connectivity index (χ1) is 7.29. The second kappa shape index (κ2) is 4.62. The van der Waals surface area contributed by atoms with Gasteiger partial charge in [-0.1, -0.05) is 0 Å². The molecule has 0 atom stereocenters. The number of rotatable bonds is 3. The van der Waals surface area contributed by atoms with Gasteiger partial charge >= 0.3 is 0 Å². The number of aliphatic hydroxyl groups is 1. The lowest BCUT2D eigenvalue weighted by molar-refractivity contribution is 0.200. The molecule has 15 heavy (non-hydrogen) atoms. The van der Waals surface area contributed by atoms with Crippen LogP contribution in [0, 0.1) is 6.92 Å². The summed E-state index contributed by atoms with van der Waals surface area (Å²) in [6.45, 7) is 1.94. The molecule has 0 radical (unpaired) electrons. The van der Waals surface area contributed by atoms with Crippen molar-refractivity contribution < 1.29 is 9.84 Å². The van der Waals surface area contributed by atoms with Gasteiger partial charge in [0.2, 0.25) is 5.88 Å². The molecule has 1 aromatic heterocycles. The number of pyridine rings is 1. The van der Waals surface area contributed by atoms with Crippen LogP contribution in [-0.4, -0.2) is 16.2 Å². The highest BCUT2D eigenvalue weighted by Gasteiger charge is 2.17. The van der Waals surface area contributed by atoms with E-state index in [1.807, 2.05) is 19.1 Å². The molecule has 0 aliphatic heterocycles. The van der Waals surface area contributed by atoms with Gasteiger partial charge < -0.3 is 9.84 Å². The van der Waals surface area contributed by atoms with Crippen LogP contribution in [0.5, 0.6) is 5.88 Å². The van der Waals surface area contributed by atoms with E-state index in [0.29, 0.717) is 12.0 Å². The Morgan fingerprint density at radius 2 is 2.13 bits per heavy atom. The van der Waals surface area contributed by atoms with Crippen molar-refractivity contribution in [3.05, 3.63) is 23.4 Å². The van der Waals surface area contributed by atoms with Crippen LogP contribution in [0.4, 0.5) is 0 Å². The Hall–Kier alpha value is -1.09. The SMILES string of the molecule is Cc1nc(OC2CCCC2)ccc1CO. The molecule has 0 saturated heterocycles. The van der Waals surface area contributed by atoms with E-state index in [4.69, 9.17) is 9.84 Å². The Labute approximate surface area is 90.1 Å². The van der Waals surface area contributed by atoms with Crippen molar-refractivity contribution in [3.63, 3.8) is 0 Å². The Kier molecular flexibility index (Phi) is 3.21. The van der Waals surface area contributed by atoms with Crippen LogP contribution in [0.1, 0.15) is 36.9 Å². The molecule has 1 N–H and O–H groups in total. The highest BCUT2D eigenvalue weighted by molar-refractivity contribution is 5.24. The van der Waals surface area contributed by atoms with E-state index < -0.39 is 0 Å². The van der Waals surface area contributed by atoms with Crippen LogP contribution in [0.15, 0.2) is 12.1 Å². The molecule has 1 saturated carbocycles. The molecule has 0 bridgehead atoms. The van der Waals surface area contributed by atoms with E-state index in [9.17, 15) is 0 Å². The molecule has 82 valence electrons. The summed E-state index contributed by atoms with van der Waals surface area (Å²) in [5.41, 5.74) is 1.72. The minimum Gasteiger partial charge on any atom is -0.474 e. The zero-order valence-electron chi connectivity index (χ0n) is 9.07. The van der Waals surface area contributed by atoms with Crippen LogP contribution in [0.3, 0.4) is 0 Å². The predicted octanol–water partition coefficient (Wildman–Crippen LogP) is 2.20. The number of ether oxygens (including phenoxy) is 1. The van der Waals surface area contributed by atoms with Crippen LogP contribution in [0.25, 0.3) is 0 Å². The number of aryl methyl sites for hydroxylation is 1. The molecule has 0 aromatic carbocycles. The van der Waals surface area contributed by atoms with Crippen molar-refractivity contribution in [2.24, 2.45) is 0 Å². The molecule has 0 amide bonds. The zero-order valence-corrected chi connectivity index (χ0v) is 9.07. The van der Waals surface area contributed by atoms with Gasteiger partial charge in [-0.05, 0) is 44.2 Å². The molecule has 3 heteroatoms. The Morgan fingerprint density at radius 3 is 2.73 bits per heavy atom. The van der Waals surface area contributed by atoms with Gasteiger partial charge in [0.05, 0.1) is 6.61 Å². The third-order valence-corrected chi connectivity index (χ3v) is 2.93. The van der Waals surface area contributed by atoms with E-state index in [2.05, 4.69) is 4.98 Å². The average Bonchev–Trinajstić information content (AvgIpc) is 2.71. The minimum atomic E-state index is 0.0442. The summed E-state index contributed by atoms with van der Waals surface area (Å²) in [6.07, 6.45) is 5.15.